The lowest BCUT2D eigenvalue weighted by Crippen LogP contribution is -2.32. The molecule has 0 radical (unpaired) electrons. The molecule has 1 saturated carbocycles. The average Bonchev–Trinajstić information content (AvgIpc) is 3.31. The lowest BCUT2D eigenvalue weighted by atomic mass is 9.87. The van der Waals surface area contributed by atoms with E-state index in [0.717, 1.165) is 12.8 Å². The van der Waals surface area contributed by atoms with Gasteiger partial charge in [0.2, 0.25) is 5.91 Å². The van der Waals surface area contributed by atoms with Crippen molar-refractivity contribution >= 4 is 17.5 Å². The van der Waals surface area contributed by atoms with E-state index < -0.39 is 23.4 Å². The second-order valence-corrected chi connectivity index (χ2v) is 6.34. The molecule has 0 N–H and O–H groups in total. The summed E-state index contributed by atoms with van der Waals surface area (Å²) in [5.41, 5.74) is 0.353. The van der Waals surface area contributed by atoms with Crippen LogP contribution in [0.2, 0.25) is 0 Å². The monoisotopic (exact) mass is 310 g/mol. The van der Waals surface area contributed by atoms with Crippen molar-refractivity contribution in [2.45, 2.75) is 19.3 Å². The Morgan fingerprint density at radius 3 is 2.57 bits per heavy atom. The van der Waals surface area contributed by atoms with Gasteiger partial charge in [0.1, 0.15) is 0 Å². The first-order chi connectivity index (χ1) is 11.1. The molecular formula is C18H18N2O3. The standard InChI is InChI=1S/C18H18N2O3/c19-9-15(17(22)13-4-2-1-3-5-13)18(23)14-8-16(21)20(11-14)10-12-6-7-12/h1-5,12,14-15H,6-8,10-11H2/t14-,15-/m0/s1. The highest BCUT2D eigenvalue weighted by Gasteiger charge is 2.41. The first-order valence-electron chi connectivity index (χ1n) is 7.90. The number of nitrogens with zero attached hydrogens (tertiary/aromatic N) is 2. The number of benzene rings is 1. The second kappa shape index (κ2) is 6.33. The highest BCUT2D eigenvalue weighted by atomic mass is 16.2. The molecule has 5 nitrogen and oxygen atoms in total. The molecular weight excluding hydrogens is 292 g/mol. The Kier molecular flexibility index (Phi) is 4.24. The maximum Gasteiger partial charge on any atom is 0.223 e. The van der Waals surface area contributed by atoms with Crippen molar-refractivity contribution < 1.29 is 14.4 Å². The second-order valence-electron chi connectivity index (χ2n) is 6.34. The highest BCUT2D eigenvalue weighted by Crippen LogP contribution is 2.32. The van der Waals surface area contributed by atoms with E-state index in [-0.39, 0.29) is 12.3 Å². The molecule has 1 saturated heterocycles. The summed E-state index contributed by atoms with van der Waals surface area (Å²) in [7, 11) is 0. The van der Waals surface area contributed by atoms with Crippen molar-refractivity contribution in [2.24, 2.45) is 17.8 Å². The van der Waals surface area contributed by atoms with Crippen LogP contribution in [-0.4, -0.2) is 35.5 Å². The summed E-state index contributed by atoms with van der Waals surface area (Å²) in [6.45, 7) is 1.04. The fourth-order valence-electron chi connectivity index (χ4n) is 3.01. The molecule has 0 aromatic heterocycles. The number of amides is 1. The van der Waals surface area contributed by atoms with Crippen molar-refractivity contribution in [2.75, 3.05) is 13.1 Å². The lowest BCUT2D eigenvalue weighted by Gasteiger charge is -2.16. The molecule has 1 aliphatic carbocycles. The topological polar surface area (TPSA) is 78.2 Å². The molecule has 23 heavy (non-hydrogen) atoms. The number of likely N-dealkylation sites (tertiary alicyclic amines) is 1. The average molecular weight is 310 g/mol. The van der Waals surface area contributed by atoms with Gasteiger partial charge in [-0.25, -0.2) is 0 Å². The molecule has 1 aliphatic heterocycles. The van der Waals surface area contributed by atoms with Gasteiger partial charge in [0.15, 0.2) is 17.5 Å². The summed E-state index contributed by atoms with van der Waals surface area (Å²) in [5.74, 6) is -2.25. The Bertz CT molecular complexity index is 673. The molecule has 2 aliphatic rings. The third kappa shape index (κ3) is 3.31. The van der Waals surface area contributed by atoms with E-state index in [9.17, 15) is 19.6 Å². The minimum absolute atomic E-state index is 0.0425. The number of carbonyl (C=O) groups excluding carboxylic acids is 3. The maximum atomic E-state index is 12.6. The molecule has 0 bridgehead atoms. The molecule has 1 aromatic carbocycles. The van der Waals surface area contributed by atoms with E-state index >= 15 is 0 Å². The summed E-state index contributed by atoms with van der Waals surface area (Å²) in [6, 6.07) is 10.2. The van der Waals surface area contributed by atoms with Crippen molar-refractivity contribution in [3.8, 4) is 6.07 Å². The summed E-state index contributed by atoms with van der Waals surface area (Å²) < 4.78 is 0. The molecule has 0 unspecified atom stereocenters. The highest BCUT2D eigenvalue weighted by molar-refractivity contribution is 6.14. The number of rotatable bonds is 6. The molecule has 2 fully saturated rings. The molecule has 118 valence electrons. The Hall–Kier alpha value is -2.48. The Morgan fingerprint density at radius 2 is 1.96 bits per heavy atom. The van der Waals surface area contributed by atoms with Crippen LogP contribution < -0.4 is 0 Å². The van der Waals surface area contributed by atoms with E-state index in [2.05, 4.69) is 0 Å². The summed E-state index contributed by atoms with van der Waals surface area (Å²) in [6.07, 6.45) is 2.39. The predicted molar refractivity (Wildman–Crippen MR) is 82.3 cm³/mol. The molecule has 0 spiro atoms. The minimum Gasteiger partial charge on any atom is -0.342 e. The maximum absolute atomic E-state index is 12.6. The van der Waals surface area contributed by atoms with Crippen LogP contribution in [0.25, 0.3) is 0 Å². The minimum atomic E-state index is -1.32. The van der Waals surface area contributed by atoms with E-state index in [4.69, 9.17) is 0 Å². The molecule has 5 heteroatoms. The fraction of sp³-hybridized carbons (Fsp3) is 0.444. The SMILES string of the molecule is N#C[C@@H](C(=O)c1ccccc1)C(=O)[C@H]1CC(=O)N(CC2CC2)C1. The Balaban J connectivity index is 1.69. The van der Waals surface area contributed by atoms with Gasteiger partial charge in [0.05, 0.1) is 6.07 Å². The van der Waals surface area contributed by atoms with Crippen molar-refractivity contribution in [1.82, 2.24) is 4.90 Å². The smallest absolute Gasteiger partial charge is 0.223 e. The van der Waals surface area contributed by atoms with Crippen molar-refractivity contribution in [3.63, 3.8) is 0 Å². The first-order valence-corrected chi connectivity index (χ1v) is 7.90. The number of Topliss-reactive ketones (excluding diaryl/α,β-unsaturated/α-hetero) is 2. The van der Waals surface area contributed by atoms with Gasteiger partial charge in [0.25, 0.3) is 0 Å². The zero-order valence-corrected chi connectivity index (χ0v) is 12.8. The Morgan fingerprint density at radius 1 is 1.26 bits per heavy atom. The summed E-state index contributed by atoms with van der Waals surface area (Å²) >= 11 is 0. The van der Waals surface area contributed by atoms with E-state index in [1.807, 2.05) is 6.07 Å². The van der Waals surface area contributed by atoms with E-state index in [1.165, 1.54) is 0 Å². The number of carbonyl (C=O) groups is 3. The van der Waals surface area contributed by atoms with Gasteiger partial charge >= 0.3 is 0 Å². The predicted octanol–water partition coefficient (Wildman–Crippen LogP) is 1.84. The van der Waals surface area contributed by atoms with Crippen LogP contribution in [0.3, 0.4) is 0 Å². The van der Waals surface area contributed by atoms with Gasteiger partial charge in [0, 0.05) is 31.0 Å². The molecule has 2 atom stereocenters. The zero-order chi connectivity index (χ0) is 16.4. The molecule has 3 rings (SSSR count). The molecule has 1 heterocycles. The van der Waals surface area contributed by atoms with Crippen LogP contribution in [-0.2, 0) is 9.59 Å². The molecule has 1 amide bonds. The first kappa shape index (κ1) is 15.4. The number of ketones is 2. The van der Waals surface area contributed by atoms with E-state index in [0.29, 0.717) is 24.6 Å². The van der Waals surface area contributed by atoms with Crippen LogP contribution in [0.1, 0.15) is 29.6 Å². The van der Waals surface area contributed by atoms with Crippen molar-refractivity contribution in [1.29, 1.82) is 5.26 Å². The largest absolute Gasteiger partial charge is 0.342 e. The van der Waals surface area contributed by atoms with Crippen molar-refractivity contribution in [3.05, 3.63) is 35.9 Å². The van der Waals surface area contributed by atoms with Gasteiger partial charge < -0.3 is 4.90 Å². The van der Waals surface area contributed by atoms with Crippen LogP contribution in [0, 0.1) is 29.1 Å². The fourth-order valence-corrected chi connectivity index (χ4v) is 3.01. The van der Waals surface area contributed by atoms with Gasteiger partial charge in [-0.1, -0.05) is 30.3 Å². The number of nitriles is 1. The zero-order valence-electron chi connectivity index (χ0n) is 12.8. The lowest BCUT2D eigenvalue weighted by molar-refractivity contribution is -0.129. The van der Waals surface area contributed by atoms with Gasteiger partial charge in [-0.2, -0.15) is 5.26 Å². The molecule has 1 aromatic rings. The third-order valence-electron chi connectivity index (χ3n) is 4.53. The quantitative estimate of drug-likeness (QED) is 0.593. The van der Waals surface area contributed by atoms with Crippen LogP contribution in [0.15, 0.2) is 30.3 Å². The third-order valence-corrected chi connectivity index (χ3v) is 4.53. The van der Waals surface area contributed by atoms with Gasteiger partial charge in [-0.05, 0) is 18.8 Å². The normalized spacial score (nSPS) is 21.8. The summed E-state index contributed by atoms with van der Waals surface area (Å²) in [4.78, 5) is 38.7. The Labute approximate surface area is 134 Å². The van der Waals surface area contributed by atoms with Gasteiger partial charge in [-0.15, -0.1) is 0 Å². The van der Waals surface area contributed by atoms with E-state index in [1.54, 1.807) is 35.2 Å². The number of hydrogen-bond acceptors (Lipinski definition) is 4. The van der Waals surface area contributed by atoms with Crippen LogP contribution in [0.4, 0.5) is 0 Å². The number of hydrogen-bond donors (Lipinski definition) is 0. The van der Waals surface area contributed by atoms with Crippen LogP contribution in [0.5, 0.6) is 0 Å². The summed E-state index contributed by atoms with van der Waals surface area (Å²) in [5, 5.41) is 9.29. The van der Waals surface area contributed by atoms with Crippen LogP contribution >= 0.6 is 0 Å². The van der Waals surface area contributed by atoms with Gasteiger partial charge in [-0.3, -0.25) is 14.4 Å².